The van der Waals surface area contributed by atoms with Gasteiger partial charge < -0.3 is 10.2 Å². The Balaban J connectivity index is 1.53. The van der Waals surface area contributed by atoms with Crippen LogP contribution in [0.25, 0.3) is 0 Å². The molecule has 0 aliphatic carbocycles. The van der Waals surface area contributed by atoms with Crippen LogP contribution >= 0.6 is 0 Å². The Kier molecular flexibility index (Phi) is 6.34. The summed E-state index contributed by atoms with van der Waals surface area (Å²) in [4.78, 5) is 26.6. The van der Waals surface area contributed by atoms with Crippen LogP contribution in [0.2, 0.25) is 0 Å². The molecule has 1 atom stereocenters. The predicted octanol–water partition coefficient (Wildman–Crippen LogP) is 3.20. The number of halogens is 3. The molecule has 1 aliphatic rings. The predicted molar refractivity (Wildman–Crippen MR) is 97.6 cm³/mol. The van der Waals surface area contributed by atoms with Gasteiger partial charge in [-0.3, -0.25) is 9.59 Å². The molecule has 1 aliphatic heterocycles. The van der Waals surface area contributed by atoms with Crippen molar-refractivity contribution in [2.24, 2.45) is 5.92 Å². The minimum atomic E-state index is -0.695. The number of likely N-dealkylation sites (tertiary alicyclic amines) is 1. The lowest BCUT2D eigenvalue weighted by molar-refractivity contribution is -0.135. The van der Waals surface area contributed by atoms with E-state index in [0.29, 0.717) is 37.1 Å². The number of hydrogen-bond acceptors (Lipinski definition) is 2. The third kappa shape index (κ3) is 5.34. The molecule has 0 bridgehead atoms. The molecule has 0 saturated carbocycles. The Bertz CT molecular complexity index is 835. The van der Waals surface area contributed by atoms with Crippen molar-refractivity contribution in [3.8, 4) is 0 Å². The first-order valence-corrected chi connectivity index (χ1v) is 9.15. The number of benzene rings is 2. The SMILES string of the molecule is O=C(NCc1cc(F)cc(F)c1)C1CCCN(C(=O)Cc2ccc(F)cc2)C1. The van der Waals surface area contributed by atoms with Gasteiger partial charge >= 0.3 is 0 Å². The van der Waals surface area contributed by atoms with Crippen LogP contribution in [0.1, 0.15) is 24.0 Å². The Morgan fingerprint density at radius 3 is 2.32 bits per heavy atom. The maximum atomic E-state index is 13.2. The van der Waals surface area contributed by atoms with Gasteiger partial charge in [0, 0.05) is 25.7 Å². The number of hydrogen-bond donors (Lipinski definition) is 1. The summed E-state index contributed by atoms with van der Waals surface area (Å²) in [5.41, 5.74) is 1.05. The molecule has 4 nitrogen and oxygen atoms in total. The zero-order chi connectivity index (χ0) is 20.1. The summed E-state index contributed by atoms with van der Waals surface area (Å²) in [6.45, 7) is 0.885. The van der Waals surface area contributed by atoms with Crippen molar-refractivity contribution in [3.63, 3.8) is 0 Å². The average Bonchev–Trinajstić information content (AvgIpc) is 2.67. The van der Waals surface area contributed by atoms with E-state index >= 15 is 0 Å². The summed E-state index contributed by atoms with van der Waals surface area (Å²) in [7, 11) is 0. The first kappa shape index (κ1) is 19.9. The molecule has 2 aromatic carbocycles. The molecule has 148 valence electrons. The number of nitrogens with one attached hydrogen (secondary N) is 1. The summed E-state index contributed by atoms with van der Waals surface area (Å²) in [5, 5.41) is 2.69. The van der Waals surface area contributed by atoms with E-state index in [2.05, 4.69) is 5.32 Å². The van der Waals surface area contributed by atoms with Crippen molar-refractivity contribution in [3.05, 3.63) is 71.0 Å². The minimum absolute atomic E-state index is 0.0214. The molecule has 2 aromatic rings. The molecule has 1 fully saturated rings. The van der Waals surface area contributed by atoms with Crippen molar-refractivity contribution in [2.75, 3.05) is 13.1 Å². The van der Waals surface area contributed by atoms with Gasteiger partial charge in [0.1, 0.15) is 17.5 Å². The maximum Gasteiger partial charge on any atom is 0.227 e. The molecular weight excluding hydrogens is 369 g/mol. The van der Waals surface area contributed by atoms with Crippen LogP contribution in [0.15, 0.2) is 42.5 Å². The third-order valence-corrected chi connectivity index (χ3v) is 4.80. The molecule has 0 spiro atoms. The highest BCUT2D eigenvalue weighted by Gasteiger charge is 2.28. The van der Waals surface area contributed by atoms with Crippen molar-refractivity contribution in [1.82, 2.24) is 10.2 Å². The van der Waals surface area contributed by atoms with Crippen molar-refractivity contribution >= 4 is 11.8 Å². The van der Waals surface area contributed by atoms with Crippen molar-refractivity contribution in [2.45, 2.75) is 25.8 Å². The fourth-order valence-electron chi connectivity index (χ4n) is 3.35. The monoisotopic (exact) mass is 390 g/mol. The van der Waals surface area contributed by atoms with Gasteiger partial charge in [-0.25, -0.2) is 13.2 Å². The van der Waals surface area contributed by atoms with Crippen LogP contribution in [0.3, 0.4) is 0 Å². The number of amides is 2. The van der Waals surface area contributed by atoms with Gasteiger partial charge in [0.25, 0.3) is 0 Å². The Hall–Kier alpha value is -2.83. The van der Waals surface area contributed by atoms with E-state index in [9.17, 15) is 22.8 Å². The van der Waals surface area contributed by atoms with Crippen LogP contribution < -0.4 is 5.32 Å². The molecule has 1 heterocycles. The smallest absolute Gasteiger partial charge is 0.227 e. The summed E-state index contributed by atoms with van der Waals surface area (Å²) >= 11 is 0. The van der Waals surface area contributed by atoms with Gasteiger partial charge in [0.2, 0.25) is 11.8 Å². The maximum absolute atomic E-state index is 13.2. The second-order valence-corrected chi connectivity index (χ2v) is 6.98. The lowest BCUT2D eigenvalue weighted by atomic mass is 9.96. The van der Waals surface area contributed by atoms with Crippen LogP contribution in [0.5, 0.6) is 0 Å². The first-order valence-electron chi connectivity index (χ1n) is 9.15. The van der Waals surface area contributed by atoms with Gasteiger partial charge in [-0.1, -0.05) is 12.1 Å². The van der Waals surface area contributed by atoms with Gasteiger partial charge in [-0.2, -0.15) is 0 Å². The van der Waals surface area contributed by atoms with Crippen LogP contribution in [-0.4, -0.2) is 29.8 Å². The first-order chi connectivity index (χ1) is 13.4. The largest absolute Gasteiger partial charge is 0.352 e. The van der Waals surface area contributed by atoms with Gasteiger partial charge in [-0.05, 0) is 48.2 Å². The summed E-state index contributed by atoms with van der Waals surface area (Å²) in [6, 6.07) is 8.87. The van der Waals surface area contributed by atoms with E-state index in [0.717, 1.165) is 6.07 Å². The Morgan fingerprint density at radius 1 is 0.964 bits per heavy atom. The zero-order valence-corrected chi connectivity index (χ0v) is 15.3. The lowest BCUT2D eigenvalue weighted by Gasteiger charge is -2.32. The third-order valence-electron chi connectivity index (χ3n) is 4.80. The molecule has 2 amide bonds. The molecule has 28 heavy (non-hydrogen) atoms. The Morgan fingerprint density at radius 2 is 1.64 bits per heavy atom. The molecule has 7 heteroatoms. The molecule has 1 unspecified atom stereocenters. The second kappa shape index (κ2) is 8.91. The van der Waals surface area contributed by atoms with Crippen molar-refractivity contribution < 1.29 is 22.8 Å². The van der Waals surface area contributed by atoms with E-state index in [1.807, 2.05) is 0 Å². The number of carbonyl (C=O) groups excluding carboxylic acids is 2. The number of rotatable bonds is 5. The summed E-state index contributed by atoms with van der Waals surface area (Å²) in [5.74, 6) is -2.48. The standard InChI is InChI=1S/C21H21F3N2O2/c22-17-5-3-14(4-6-17)10-20(27)26-7-1-2-16(13-26)21(28)25-12-15-8-18(23)11-19(24)9-15/h3-6,8-9,11,16H,1-2,7,10,12-13H2,(H,25,28). The second-order valence-electron chi connectivity index (χ2n) is 6.98. The molecular formula is C21H21F3N2O2. The minimum Gasteiger partial charge on any atom is -0.352 e. The zero-order valence-electron chi connectivity index (χ0n) is 15.3. The molecule has 1 saturated heterocycles. The number of piperidine rings is 1. The highest BCUT2D eigenvalue weighted by molar-refractivity contribution is 5.82. The van der Waals surface area contributed by atoms with Gasteiger partial charge in [0.05, 0.1) is 12.3 Å². The van der Waals surface area contributed by atoms with E-state index < -0.39 is 11.6 Å². The molecule has 3 rings (SSSR count). The van der Waals surface area contributed by atoms with Gasteiger partial charge in [0.15, 0.2) is 0 Å². The highest BCUT2D eigenvalue weighted by Crippen LogP contribution is 2.18. The molecule has 1 N–H and O–H groups in total. The van der Waals surface area contributed by atoms with E-state index in [1.54, 1.807) is 17.0 Å². The molecule has 0 radical (unpaired) electrons. The average molecular weight is 390 g/mol. The summed E-state index contributed by atoms with van der Waals surface area (Å²) in [6.07, 6.45) is 1.49. The van der Waals surface area contributed by atoms with E-state index in [1.165, 1.54) is 24.3 Å². The van der Waals surface area contributed by atoms with Crippen molar-refractivity contribution in [1.29, 1.82) is 0 Å². The topological polar surface area (TPSA) is 49.4 Å². The normalized spacial score (nSPS) is 16.7. The van der Waals surface area contributed by atoms with Crippen LogP contribution in [0.4, 0.5) is 13.2 Å². The van der Waals surface area contributed by atoms with E-state index in [4.69, 9.17) is 0 Å². The molecule has 0 aromatic heterocycles. The number of nitrogens with zero attached hydrogens (tertiary/aromatic N) is 1. The quantitative estimate of drug-likeness (QED) is 0.853. The van der Waals surface area contributed by atoms with Crippen LogP contribution in [0, 0.1) is 23.4 Å². The van der Waals surface area contributed by atoms with Crippen LogP contribution in [-0.2, 0) is 22.6 Å². The highest BCUT2D eigenvalue weighted by atomic mass is 19.1. The summed E-state index contributed by atoms with van der Waals surface area (Å²) < 4.78 is 39.4. The lowest BCUT2D eigenvalue weighted by Crippen LogP contribution is -2.45. The number of carbonyl (C=O) groups is 2. The fraction of sp³-hybridized carbons (Fsp3) is 0.333. The fourth-order valence-corrected chi connectivity index (χ4v) is 3.35. The Labute approximate surface area is 161 Å². The van der Waals surface area contributed by atoms with E-state index in [-0.39, 0.29) is 36.5 Å². The van der Waals surface area contributed by atoms with Gasteiger partial charge in [-0.15, -0.1) is 0 Å².